The molecule has 0 unspecified atom stereocenters. The molecular formula is C13H14Cl2N4O2. The zero-order valence-electron chi connectivity index (χ0n) is 11.2. The highest BCUT2D eigenvalue weighted by molar-refractivity contribution is 6.35. The van der Waals surface area contributed by atoms with Crippen LogP contribution in [0.5, 0.6) is 5.75 Å². The van der Waals surface area contributed by atoms with Gasteiger partial charge in [-0.3, -0.25) is 9.48 Å². The predicted molar refractivity (Wildman–Crippen MR) is 81.7 cm³/mol. The molecule has 1 aromatic carbocycles. The Balaban J connectivity index is 2.02. The van der Waals surface area contributed by atoms with Crippen molar-refractivity contribution < 1.29 is 9.90 Å². The van der Waals surface area contributed by atoms with Crippen LogP contribution in [0.1, 0.15) is 5.56 Å². The molecule has 0 spiro atoms. The Kier molecular flexibility index (Phi) is 4.93. The third kappa shape index (κ3) is 4.03. The van der Waals surface area contributed by atoms with E-state index in [9.17, 15) is 9.90 Å². The third-order valence-electron chi connectivity index (χ3n) is 2.81. The highest BCUT2D eigenvalue weighted by Gasteiger charge is 2.08. The Bertz CT molecular complexity index is 658. The number of phenols is 1. The number of carbonyl (C=O) groups is 1. The lowest BCUT2D eigenvalue weighted by Crippen LogP contribution is -2.23. The molecule has 1 heterocycles. The van der Waals surface area contributed by atoms with E-state index in [1.807, 2.05) is 0 Å². The van der Waals surface area contributed by atoms with Gasteiger partial charge in [-0.2, -0.15) is 5.10 Å². The molecule has 0 radical (unpaired) electrons. The number of phenolic OH excluding ortho intramolecular Hbond substituents is 1. The number of amides is 1. The van der Waals surface area contributed by atoms with Gasteiger partial charge >= 0.3 is 0 Å². The van der Waals surface area contributed by atoms with E-state index in [1.165, 1.54) is 10.7 Å². The van der Waals surface area contributed by atoms with Crippen LogP contribution in [0.15, 0.2) is 24.5 Å². The summed E-state index contributed by atoms with van der Waals surface area (Å²) in [6.07, 6.45) is 3.28. The largest absolute Gasteiger partial charge is 0.506 e. The topological polar surface area (TPSA) is 79.2 Å². The standard InChI is InChI=1S/C13H14Cl2N4O2/c1-16-12(20)7-19-6-10(5-18-19)17-4-8-2-9(14)3-11(15)13(8)21/h2-3,5-6,17,21H,4,7H2,1H3,(H,16,20). The van der Waals surface area contributed by atoms with Gasteiger partial charge in [0.2, 0.25) is 5.91 Å². The lowest BCUT2D eigenvalue weighted by atomic mass is 10.2. The molecule has 0 fully saturated rings. The van der Waals surface area contributed by atoms with E-state index in [0.29, 0.717) is 17.1 Å². The first-order chi connectivity index (χ1) is 9.99. The first-order valence-corrected chi connectivity index (χ1v) is 6.89. The van der Waals surface area contributed by atoms with Crippen molar-refractivity contribution >= 4 is 34.8 Å². The molecule has 21 heavy (non-hydrogen) atoms. The number of hydrogen-bond donors (Lipinski definition) is 3. The van der Waals surface area contributed by atoms with Gasteiger partial charge in [-0.25, -0.2) is 0 Å². The van der Waals surface area contributed by atoms with Gasteiger partial charge in [0, 0.05) is 30.4 Å². The first-order valence-electron chi connectivity index (χ1n) is 6.13. The fourth-order valence-electron chi connectivity index (χ4n) is 1.72. The number of aromatic hydroxyl groups is 1. The van der Waals surface area contributed by atoms with Gasteiger partial charge in [-0.1, -0.05) is 23.2 Å². The normalized spacial score (nSPS) is 10.4. The minimum Gasteiger partial charge on any atom is -0.506 e. The highest BCUT2D eigenvalue weighted by Crippen LogP contribution is 2.31. The number of rotatable bonds is 5. The number of benzene rings is 1. The zero-order chi connectivity index (χ0) is 15.4. The number of halogens is 2. The number of anilines is 1. The molecule has 6 nitrogen and oxygen atoms in total. The number of nitrogens with zero attached hydrogens (tertiary/aromatic N) is 2. The Morgan fingerprint density at radius 1 is 1.43 bits per heavy atom. The summed E-state index contributed by atoms with van der Waals surface area (Å²) in [5, 5.41) is 20.2. The Morgan fingerprint density at radius 3 is 2.90 bits per heavy atom. The van der Waals surface area contributed by atoms with Crippen molar-refractivity contribution in [2.24, 2.45) is 0 Å². The predicted octanol–water partition coefficient (Wildman–Crippen LogP) is 2.25. The molecule has 8 heteroatoms. The molecule has 0 saturated heterocycles. The molecule has 3 N–H and O–H groups in total. The Hall–Kier alpha value is -1.92. The number of likely N-dealkylation sites (N-methyl/N-ethyl adjacent to an activating group) is 1. The van der Waals surface area contributed by atoms with Crippen LogP contribution in [0, 0.1) is 0 Å². The molecule has 2 rings (SSSR count). The molecule has 0 atom stereocenters. The smallest absolute Gasteiger partial charge is 0.241 e. The molecule has 0 saturated carbocycles. The van der Waals surface area contributed by atoms with Gasteiger partial charge in [0.05, 0.1) is 16.9 Å². The van der Waals surface area contributed by atoms with Crippen LogP contribution < -0.4 is 10.6 Å². The van der Waals surface area contributed by atoms with Crippen molar-refractivity contribution in [2.75, 3.05) is 12.4 Å². The van der Waals surface area contributed by atoms with E-state index in [0.717, 1.165) is 5.69 Å². The number of aromatic nitrogens is 2. The van der Waals surface area contributed by atoms with Crippen LogP contribution >= 0.6 is 23.2 Å². The van der Waals surface area contributed by atoms with E-state index in [-0.39, 0.29) is 23.2 Å². The maximum atomic E-state index is 11.2. The van der Waals surface area contributed by atoms with Crippen LogP contribution in [-0.4, -0.2) is 27.8 Å². The van der Waals surface area contributed by atoms with E-state index >= 15 is 0 Å². The summed E-state index contributed by atoms with van der Waals surface area (Å²) in [7, 11) is 1.57. The number of hydrogen-bond acceptors (Lipinski definition) is 4. The summed E-state index contributed by atoms with van der Waals surface area (Å²) in [6, 6.07) is 3.11. The van der Waals surface area contributed by atoms with Gasteiger partial charge in [0.15, 0.2) is 0 Å². The molecule has 1 amide bonds. The van der Waals surface area contributed by atoms with Crippen molar-refractivity contribution in [3.05, 3.63) is 40.1 Å². The average Bonchev–Trinajstić information content (AvgIpc) is 2.88. The molecule has 2 aromatic rings. The maximum Gasteiger partial charge on any atom is 0.241 e. The second kappa shape index (κ2) is 6.69. The van der Waals surface area contributed by atoms with Crippen LogP contribution in [0.25, 0.3) is 0 Å². The van der Waals surface area contributed by atoms with E-state index < -0.39 is 0 Å². The van der Waals surface area contributed by atoms with Gasteiger partial charge in [0.25, 0.3) is 0 Å². The molecule has 112 valence electrons. The van der Waals surface area contributed by atoms with Crippen molar-refractivity contribution in [1.29, 1.82) is 0 Å². The molecule has 0 bridgehead atoms. The monoisotopic (exact) mass is 328 g/mol. The first kappa shape index (κ1) is 15.5. The summed E-state index contributed by atoms with van der Waals surface area (Å²) >= 11 is 11.8. The molecular weight excluding hydrogens is 315 g/mol. The second-order valence-corrected chi connectivity index (χ2v) is 5.19. The molecule has 0 aliphatic rings. The minimum absolute atomic E-state index is 0.00804. The van der Waals surface area contributed by atoms with Gasteiger partial charge in [0.1, 0.15) is 12.3 Å². The van der Waals surface area contributed by atoms with Crippen LogP contribution in [0.2, 0.25) is 10.0 Å². The Morgan fingerprint density at radius 2 is 2.19 bits per heavy atom. The van der Waals surface area contributed by atoms with E-state index in [2.05, 4.69) is 15.7 Å². The number of carbonyl (C=O) groups excluding carboxylic acids is 1. The van der Waals surface area contributed by atoms with Crippen molar-refractivity contribution in [3.63, 3.8) is 0 Å². The fourth-order valence-corrected chi connectivity index (χ4v) is 2.25. The fraction of sp³-hybridized carbons (Fsp3) is 0.231. The quantitative estimate of drug-likeness (QED) is 0.786. The summed E-state index contributed by atoms with van der Waals surface area (Å²) < 4.78 is 1.51. The molecule has 0 aliphatic carbocycles. The van der Waals surface area contributed by atoms with Crippen LogP contribution in [0.4, 0.5) is 5.69 Å². The summed E-state index contributed by atoms with van der Waals surface area (Å²) in [5.41, 5.74) is 1.29. The van der Waals surface area contributed by atoms with Gasteiger partial charge < -0.3 is 15.7 Å². The molecule has 1 aromatic heterocycles. The van der Waals surface area contributed by atoms with Crippen molar-refractivity contribution in [1.82, 2.24) is 15.1 Å². The summed E-state index contributed by atoms with van der Waals surface area (Å²) in [5.74, 6) is -0.143. The van der Waals surface area contributed by atoms with Crippen LogP contribution in [0.3, 0.4) is 0 Å². The maximum absolute atomic E-state index is 11.2. The van der Waals surface area contributed by atoms with Gasteiger partial charge in [-0.05, 0) is 12.1 Å². The average molecular weight is 329 g/mol. The second-order valence-electron chi connectivity index (χ2n) is 4.35. The Labute approximate surface area is 131 Å². The van der Waals surface area contributed by atoms with Gasteiger partial charge in [-0.15, -0.1) is 0 Å². The third-order valence-corrected chi connectivity index (χ3v) is 3.31. The van der Waals surface area contributed by atoms with E-state index in [1.54, 1.807) is 25.5 Å². The summed E-state index contributed by atoms with van der Waals surface area (Å²) in [6.45, 7) is 0.476. The summed E-state index contributed by atoms with van der Waals surface area (Å²) in [4.78, 5) is 11.2. The lowest BCUT2D eigenvalue weighted by molar-refractivity contribution is -0.121. The lowest BCUT2D eigenvalue weighted by Gasteiger charge is -2.08. The van der Waals surface area contributed by atoms with Crippen LogP contribution in [-0.2, 0) is 17.9 Å². The zero-order valence-corrected chi connectivity index (χ0v) is 12.7. The van der Waals surface area contributed by atoms with Crippen molar-refractivity contribution in [3.8, 4) is 5.75 Å². The number of nitrogens with one attached hydrogen (secondary N) is 2. The SMILES string of the molecule is CNC(=O)Cn1cc(NCc2cc(Cl)cc(Cl)c2O)cn1. The highest BCUT2D eigenvalue weighted by atomic mass is 35.5. The van der Waals surface area contributed by atoms with E-state index in [4.69, 9.17) is 23.2 Å². The molecule has 0 aliphatic heterocycles. The minimum atomic E-state index is -0.135. The van der Waals surface area contributed by atoms with Crippen molar-refractivity contribution in [2.45, 2.75) is 13.1 Å².